The van der Waals surface area contributed by atoms with Gasteiger partial charge in [-0.05, 0) is 0 Å². The van der Waals surface area contributed by atoms with Gasteiger partial charge >= 0.3 is 137 Å². The number of carboxylic acid groups (broad SMARTS) is 1. The molecular formula is C15H19AsO6. The van der Waals surface area contributed by atoms with E-state index in [4.69, 9.17) is 14.6 Å². The minimum absolute atomic E-state index is 0.135. The summed E-state index contributed by atoms with van der Waals surface area (Å²) in [5.74, 6) is -1.49. The number of rotatable bonds is 7. The SMILES string of the molecule is CCC(=O)Oc1ccc(C[C@H]([AsH2])C(=O)O)cc1OC(=O)CC. The van der Waals surface area contributed by atoms with Gasteiger partial charge in [-0.2, -0.15) is 0 Å². The maximum absolute atomic E-state index is 11.5. The average molecular weight is 370 g/mol. The quantitative estimate of drug-likeness (QED) is 0.443. The Morgan fingerprint density at radius 1 is 1.09 bits per heavy atom. The van der Waals surface area contributed by atoms with Crippen molar-refractivity contribution in [2.75, 3.05) is 0 Å². The predicted octanol–water partition coefficient (Wildman–Crippen LogP) is 1.37. The number of ether oxygens (including phenoxy) is 2. The number of hydrogen-bond donors (Lipinski definition) is 1. The first-order chi connectivity index (χ1) is 10.4. The summed E-state index contributed by atoms with van der Waals surface area (Å²) in [5, 5.41) is 8.96. The van der Waals surface area contributed by atoms with Crippen LogP contribution in [0.5, 0.6) is 11.5 Å². The Morgan fingerprint density at radius 3 is 2.14 bits per heavy atom. The second kappa shape index (κ2) is 8.59. The molecular weight excluding hydrogens is 351 g/mol. The number of hydrogen-bond acceptors (Lipinski definition) is 5. The molecule has 0 bridgehead atoms. The third kappa shape index (κ3) is 5.52. The Kier molecular flexibility index (Phi) is 7.12. The molecule has 6 nitrogen and oxygen atoms in total. The molecule has 0 aromatic heterocycles. The van der Waals surface area contributed by atoms with Gasteiger partial charge in [0.05, 0.1) is 0 Å². The fraction of sp³-hybridized carbons (Fsp3) is 0.400. The number of esters is 2. The summed E-state index contributed by atoms with van der Waals surface area (Å²) < 4.78 is 9.78. The molecule has 0 aliphatic rings. The van der Waals surface area contributed by atoms with Crippen LogP contribution in [0.3, 0.4) is 0 Å². The molecule has 0 radical (unpaired) electrons. The molecule has 1 N–H and O–H groups in total. The fourth-order valence-corrected chi connectivity index (χ4v) is 2.15. The normalized spacial score (nSPS) is 11.6. The van der Waals surface area contributed by atoms with Gasteiger partial charge in [0.15, 0.2) is 0 Å². The first-order valence-corrected chi connectivity index (χ1v) is 8.29. The molecule has 0 aliphatic carbocycles. The van der Waals surface area contributed by atoms with Crippen LogP contribution in [0.15, 0.2) is 18.2 Å². The van der Waals surface area contributed by atoms with Crippen molar-refractivity contribution in [1.82, 2.24) is 0 Å². The van der Waals surface area contributed by atoms with Crippen LogP contribution in [0.4, 0.5) is 0 Å². The Balaban J connectivity index is 3.04. The number of aliphatic carboxylic acids is 1. The summed E-state index contributed by atoms with van der Waals surface area (Å²) >= 11 is 1.10. The average Bonchev–Trinajstić information content (AvgIpc) is 2.49. The Labute approximate surface area is 137 Å². The second-order valence-corrected chi connectivity index (χ2v) is 6.27. The molecule has 1 unspecified atom stereocenters. The van der Waals surface area contributed by atoms with Crippen molar-refractivity contribution in [3.05, 3.63) is 23.8 Å². The van der Waals surface area contributed by atoms with Gasteiger partial charge in [-0.15, -0.1) is 0 Å². The molecule has 0 amide bonds. The number of carboxylic acids is 1. The van der Waals surface area contributed by atoms with Crippen molar-refractivity contribution in [2.45, 2.75) is 37.8 Å². The van der Waals surface area contributed by atoms with E-state index in [2.05, 4.69) is 0 Å². The van der Waals surface area contributed by atoms with Gasteiger partial charge in [-0.3, -0.25) is 0 Å². The third-order valence-electron chi connectivity index (χ3n) is 2.81. The van der Waals surface area contributed by atoms with Gasteiger partial charge in [0.25, 0.3) is 0 Å². The summed E-state index contributed by atoms with van der Waals surface area (Å²) in [6.45, 7) is 3.31. The first-order valence-electron chi connectivity index (χ1n) is 6.90. The van der Waals surface area contributed by atoms with E-state index in [0.29, 0.717) is 12.0 Å². The molecule has 0 aliphatic heterocycles. The van der Waals surface area contributed by atoms with Gasteiger partial charge in [-0.25, -0.2) is 0 Å². The number of carbonyl (C=O) groups is 3. The van der Waals surface area contributed by atoms with Gasteiger partial charge in [0, 0.05) is 0 Å². The molecule has 1 rings (SSSR count). The molecule has 0 spiro atoms. The van der Waals surface area contributed by atoms with Crippen LogP contribution in [0.25, 0.3) is 0 Å². The Morgan fingerprint density at radius 2 is 1.64 bits per heavy atom. The topological polar surface area (TPSA) is 89.9 Å². The van der Waals surface area contributed by atoms with Crippen LogP contribution in [-0.4, -0.2) is 39.9 Å². The monoisotopic (exact) mass is 370 g/mol. The molecule has 120 valence electrons. The molecule has 0 saturated carbocycles. The van der Waals surface area contributed by atoms with Crippen molar-refractivity contribution in [1.29, 1.82) is 0 Å². The van der Waals surface area contributed by atoms with Crippen molar-refractivity contribution in [2.24, 2.45) is 0 Å². The summed E-state index contributed by atoms with van der Waals surface area (Å²) in [6, 6.07) is 4.72. The molecule has 7 heteroatoms. The number of carbonyl (C=O) groups excluding carboxylic acids is 2. The fourth-order valence-electron chi connectivity index (χ4n) is 1.57. The molecule has 2 atom stereocenters. The van der Waals surface area contributed by atoms with Gasteiger partial charge in [-0.1, -0.05) is 0 Å². The summed E-state index contributed by atoms with van der Waals surface area (Å²) in [7, 11) is 0. The first kappa shape index (κ1) is 18.2. The summed E-state index contributed by atoms with van der Waals surface area (Å²) in [6.07, 6.45) is 0.690. The second-order valence-electron chi connectivity index (χ2n) is 4.59. The van der Waals surface area contributed by atoms with Crippen molar-refractivity contribution >= 4 is 34.8 Å². The van der Waals surface area contributed by atoms with Crippen LogP contribution < -0.4 is 9.47 Å². The Bertz CT molecular complexity index is 569. The van der Waals surface area contributed by atoms with E-state index in [9.17, 15) is 14.4 Å². The van der Waals surface area contributed by atoms with E-state index >= 15 is 0 Å². The van der Waals surface area contributed by atoms with Gasteiger partial charge < -0.3 is 0 Å². The molecule has 1 aromatic carbocycles. The van der Waals surface area contributed by atoms with E-state index in [1.807, 2.05) is 0 Å². The third-order valence-corrected chi connectivity index (χ3v) is 3.90. The van der Waals surface area contributed by atoms with Gasteiger partial charge in [0.2, 0.25) is 0 Å². The molecule has 0 fully saturated rings. The van der Waals surface area contributed by atoms with E-state index in [1.54, 1.807) is 26.0 Å². The van der Waals surface area contributed by atoms with Crippen molar-refractivity contribution < 1.29 is 29.0 Å². The summed E-state index contributed by atoms with van der Waals surface area (Å²) in [5.41, 5.74) is 0.701. The van der Waals surface area contributed by atoms with Gasteiger partial charge in [0.1, 0.15) is 0 Å². The minimum atomic E-state index is -0.881. The Hall–Kier alpha value is -1.81. The number of benzene rings is 1. The van der Waals surface area contributed by atoms with E-state index < -0.39 is 22.6 Å². The predicted molar refractivity (Wildman–Crippen MR) is 81.9 cm³/mol. The molecule has 22 heavy (non-hydrogen) atoms. The van der Waals surface area contributed by atoms with E-state index in [-0.39, 0.29) is 24.3 Å². The van der Waals surface area contributed by atoms with Crippen LogP contribution in [0, 0.1) is 0 Å². The standard InChI is InChI=1S/C15H19AsO6/c1-3-13(17)21-11-6-5-9(7-10(16)15(19)20)8-12(11)22-14(18)4-2/h5-6,8,10H,3-4,7,16H2,1-2H3,(H,19,20)/t10-/m0/s1. The van der Waals surface area contributed by atoms with Crippen LogP contribution in [0.2, 0.25) is 4.71 Å². The molecule has 1 aromatic rings. The van der Waals surface area contributed by atoms with Crippen molar-refractivity contribution in [3.63, 3.8) is 0 Å². The zero-order valence-electron chi connectivity index (χ0n) is 12.5. The van der Waals surface area contributed by atoms with Crippen LogP contribution in [0.1, 0.15) is 32.3 Å². The zero-order chi connectivity index (χ0) is 16.7. The zero-order valence-corrected chi connectivity index (χ0v) is 14.9. The molecule has 0 heterocycles. The van der Waals surface area contributed by atoms with E-state index in [1.165, 1.54) is 6.07 Å². The van der Waals surface area contributed by atoms with Crippen LogP contribution in [-0.2, 0) is 20.8 Å². The van der Waals surface area contributed by atoms with Crippen molar-refractivity contribution in [3.8, 4) is 11.5 Å². The maximum atomic E-state index is 11.5. The van der Waals surface area contributed by atoms with E-state index in [0.717, 1.165) is 16.9 Å². The van der Waals surface area contributed by atoms with Crippen LogP contribution >= 0.6 is 0 Å². The summed E-state index contributed by atoms with van der Waals surface area (Å²) in [4.78, 5) is 33.8. The molecule has 0 saturated heterocycles.